The van der Waals surface area contributed by atoms with E-state index < -0.39 is 5.92 Å². The minimum Gasteiger partial charge on any atom is -0.305 e. The normalized spacial score (nSPS) is 32.1. The Labute approximate surface area is 59.0 Å². The molecular weight excluding hydrogens is 138 g/mol. The summed E-state index contributed by atoms with van der Waals surface area (Å²) in [6.45, 7) is 0.401. The van der Waals surface area contributed by atoms with Gasteiger partial charge < -0.3 is 10.6 Å². The summed E-state index contributed by atoms with van der Waals surface area (Å²) < 4.78 is 25.1. The van der Waals surface area contributed by atoms with E-state index >= 15 is 0 Å². The Bertz CT molecular complexity index is 116. The molecule has 0 aromatic carbocycles. The summed E-state index contributed by atoms with van der Waals surface area (Å²) >= 11 is 0. The first-order valence-corrected chi connectivity index (χ1v) is 3.42. The van der Waals surface area contributed by atoms with E-state index in [1.54, 1.807) is 7.05 Å². The molecule has 1 heterocycles. The van der Waals surface area contributed by atoms with Gasteiger partial charge in [-0.3, -0.25) is 0 Å². The Morgan fingerprint density at radius 3 is 2.70 bits per heavy atom. The van der Waals surface area contributed by atoms with E-state index in [1.165, 1.54) is 0 Å². The van der Waals surface area contributed by atoms with E-state index in [9.17, 15) is 8.78 Å². The van der Waals surface area contributed by atoms with Crippen molar-refractivity contribution in [2.24, 2.45) is 0 Å². The summed E-state index contributed by atoms with van der Waals surface area (Å²) in [5, 5.41) is 5.70. The van der Waals surface area contributed by atoms with Gasteiger partial charge in [-0.2, -0.15) is 0 Å². The maximum absolute atomic E-state index is 12.6. The van der Waals surface area contributed by atoms with Crippen molar-refractivity contribution in [2.45, 2.75) is 24.9 Å². The van der Waals surface area contributed by atoms with Crippen molar-refractivity contribution in [1.82, 2.24) is 10.6 Å². The van der Waals surface area contributed by atoms with Gasteiger partial charge >= 0.3 is 0 Å². The number of alkyl halides is 2. The maximum Gasteiger partial charge on any atom is 0.252 e. The predicted molar refractivity (Wildman–Crippen MR) is 35.0 cm³/mol. The van der Waals surface area contributed by atoms with Crippen molar-refractivity contribution in [1.29, 1.82) is 0 Å². The Hall–Kier alpha value is -0.220. The average molecular weight is 150 g/mol. The van der Waals surface area contributed by atoms with Crippen LogP contribution in [0.1, 0.15) is 12.8 Å². The zero-order valence-corrected chi connectivity index (χ0v) is 5.95. The number of hydrogen-bond acceptors (Lipinski definition) is 2. The number of piperidine rings is 1. The fraction of sp³-hybridized carbons (Fsp3) is 1.00. The van der Waals surface area contributed by atoms with E-state index in [0.717, 1.165) is 0 Å². The van der Waals surface area contributed by atoms with Crippen molar-refractivity contribution in [2.75, 3.05) is 13.6 Å². The lowest BCUT2D eigenvalue weighted by molar-refractivity contribution is -0.0442. The third kappa shape index (κ3) is 1.88. The third-order valence-corrected chi connectivity index (χ3v) is 1.73. The highest BCUT2D eigenvalue weighted by atomic mass is 19.3. The van der Waals surface area contributed by atoms with Crippen LogP contribution in [0.15, 0.2) is 0 Å². The van der Waals surface area contributed by atoms with Crippen LogP contribution in [0, 0.1) is 0 Å². The second-order valence-corrected chi connectivity index (χ2v) is 2.61. The largest absolute Gasteiger partial charge is 0.305 e. The average Bonchev–Trinajstić information content (AvgIpc) is 1.86. The summed E-state index contributed by atoms with van der Waals surface area (Å²) in [6, 6.07) is 0. The molecule has 0 aromatic rings. The van der Waals surface area contributed by atoms with Crippen molar-refractivity contribution in [3.63, 3.8) is 0 Å². The van der Waals surface area contributed by atoms with E-state index in [1.807, 2.05) is 0 Å². The maximum atomic E-state index is 12.6. The molecule has 0 bridgehead atoms. The van der Waals surface area contributed by atoms with Crippen LogP contribution in [0.5, 0.6) is 0 Å². The van der Waals surface area contributed by atoms with Gasteiger partial charge in [-0.05, 0) is 7.05 Å². The van der Waals surface area contributed by atoms with Crippen LogP contribution < -0.4 is 10.6 Å². The molecule has 4 heteroatoms. The zero-order valence-electron chi connectivity index (χ0n) is 5.95. The van der Waals surface area contributed by atoms with Gasteiger partial charge in [0.15, 0.2) is 0 Å². The van der Waals surface area contributed by atoms with Crippen LogP contribution in [-0.4, -0.2) is 25.7 Å². The van der Waals surface area contributed by atoms with Crippen LogP contribution in [0.4, 0.5) is 8.78 Å². The molecule has 0 amide bonds. The lowest BCUT2D eigenvalue weighted by atomic mass is 10.1. The Morgan fingerprint density at radius 2 is 2.30 bits per heavy atom. The van der Waals surface area contributed by atoms with E-state index in [0.29, 0.717) is 6.54 Å². The minimum atomic E-state index is -2.47. The molecule has 0 aromatic heterocycles. The summed E-state index contributed by atoms with van der Waals surface area (Å²) in [4.78, 5) is 0. The first-order valence-electron chi connectivity index (χ1n) is 3.42. The minimum absolute atomic E-state index is 0.0365. The Morgan fingerprint density at radius 1 is 1.60 bits per heavy atom. The Kier molecular flexibility index (Phi) is 2.21. The van der Waals surface area contributed by atoms with Gasteiger partial charge in [0.25, 0.3) is 5.92 Å². The van der Waals surface area contributed by atoms with E-state index in [4.69, 9.17) is 0 Å². The first-order chi connectivity index (χ1) is 4.64. The molecule has 1 aliphatic heterocycles. The molecule has 0 saturated carbocycles. The smallest absolute Gasteiger partial charge is 0.252 e. The monoisotopic (exact) mass is 150 g/mol. The van der Waals surface area contributed by atoms with Gasteiger partial charge in [0, 0.05) is 19.4 Å². The van der Waals surface area contributed by atoms with Gasteiger partial charge in [-0.25, -0.2) is 8.78 Å². The van der Waals surface area contributed by atoms with E-state index in [-0.39, 0.29) is 19.0 Å². The molecule has 2 N–H and O–H groups in total. The molecule has 1 saturated heterocycles. The molecule has 0 radical (unpaired) electrons. The lowest BCUT2D eigenvalue weighted by Gasteiger charge is -2.29. The van der Waals surface area contributed by atoms with Crippen molar-refractivity contribution < 1.29 is 8.78 Å². The first kappa shape index (κ1) is 7.88. The molecule has 0 spiro atoms. The third-order valence-electron chi connectivity index (χ3n) is 1.73. The molecule has 60 valence electrons. The molecule has 1 rings (SSSR count). The highest BCUT2D eigenvalue weighted by molar-refractivity contribution is 4.80. The number of rotatable bonds is 1. The van der Waals surface area contributed by atoms with Gasteiger partial charge in [0.05, 0.1) is 6.17 Å². The number of hydrogen-bond donors (Lipinski definition) is 2. The topological polar surface area (TPSA) is 24.1 Å². The van der Waals surface area contributed by atoms with E-state index in [2.05, 4.69) is 10.6 Å². The molecular formula is C6H12F2N2. The Balaban J connectivity index is 2.40. The second-order valence-electron chi connectivity index (χ2n) is 2.61. The molecule has 1 fully saturated rings. The zero-order chi connectivity index (χ0) is 7.61. The molecule has 2 nitrogen and oxygen atoms in total. The number of halogens is 2. The number of nitrogens with one attached hydrogen (secondary N) is 2. The van der Waals surface area contributed by atoms with Gasteiger partial charge in [-0.1, -0.05) is 0 Å². The summed E-state index contributed by atoms with van der Waals surface area (Å²) in [5.74, 6) is -2.47. The molecule has 1 unspecified atom stereocenters. The van der Waals surface area contributed by atoms with Crippen molar-refractivity contribution in [3.05, 3.63) is 0 Å². The van der Waals surface area contributed by atoms with Gasteiger partial charge in [0.1, 0.15) is 0 Å². The standard InChI is InChI=1S/C6H12F2N2/c1-9-5-4-6(7,8)2-3-10-5/h5,9-10H,2-4H2,1H3. The molecule has 1 atom stereocenters. The van der Waals surface area contributed by atoms with Crippen LogP contribution in [0.25, 0.3) is 0 Å². The summed E-state index contributed by atoms with van der Waals surface area (Å²) in [5.41, 5.74) is 0. The fourth-order valence-electron chi connectivity index (χ4n) is 1.11. The van der Waals surface area contributed by atoms with Gasteiger partial charge in [-0.15, -0.1) is 0 Å². The van der Waals surface area contributed by atoms with Crippen LogP contribution in [-0.2, 0) is 0 Å². The van der Waals surface area contributed by atoms with Crippen molar-refractivity contribution in [3.8, 4) is 0 Å². The highest BCUT2D eigenvalue weighted by Gasteiger charge is 2.35. The lowest BCUT2D eigenvalue weighted by Crippen LogP contribution is -2.50. The highest BCUT2D eigenvalue weighted by Crippen LogP contribution is 2.26. The summed E-state index contributed by atoms with van der Waals surface area (Å²) in [6.07, 6.45) is -0.349. The fourth-order valence-corrected chi connectivity index (χ4v) is 1.11. The van der Waals surface area contributed by atoms with Crippen LogP contribution >= 0.6 is 0 Å². The predicted octanol–water partition coefficient (Wildman–Crippen LogP) is 0.551. The SMILES string of the molecule is CNC1CC(F)(F)CCN1. The molecule has 1 aliphatic rings. The molecule has 10 heavy (non-hydrogen) atoms. The van der Waals surface area contributed by atoms with Gasteiger partial charge in [0.2, 0.25) is 0 Å². The molecule has 0 aliphatic carbocycles. The van der Waals surface area contributed by atoms with Crippen molar-refractivity contribution >= 4 is 0 Å². The summed E-state index contributed by atoms with van der Waals surface area (Å²) in [7, 11) is 1.68. The van der Waals surface area contributed by atoms with Crippen LogP contribution in [0.2, 0.25) is 0 Å². The van der Waals surface area contributed by atoms with Crippen LogP contribution in [0.3, 0.4) is 0 Å². The quantitative estimate of drug-likeness (QED) is 0.570. The second kappa shape index (κ2) is 2.80.